The lowest BCUT2D eigenvalue weighted by Crippen LogP contribution is -2.15. The van der Waals surface area contributed by atoms with Gasteiger partial charge in [0.15, 0.2) is 0 Å². The highest BCUT2D eigenvalue weighted by atomic mass is 15.0. The van der Waals surface area contributed by atoms with Gasteiger partial charge in [0.25, 0.3) is 0 Å². The van der Waals surface area contributed by atoms with Crippen LogP contribution in [0.2, 0.25) is 0 Å². The number of nitrogens with zero attached hydrogens (tertiary/aromatic N) is 3. The smallest absolute Gasteiger partial charge is 0.127 e. The summed E-state index contributed by atoms with van der Waals surface area (Å²) in [7, 11) is 0. The Bertz CT molecular complexity index is 357. The third-order valence-corrected chi connectivity index (χ3v) is 3.02. The molecule has 2 aliphatic rings. The quantitative estimate of drug-likeness (QED) is 0.679. The van der Waals surface area contributed by atoms with E-state index in [-0.39, 0.29) is 6.04 Å². The third kappa shape index (κ3) is 2.29. The fraction of sp³-hybridized carbons (Fsp3) is 0.615. The van der Waals surface area contributed by atoms with E-state index in [0.717, 1.165) is 11.5 Å². The molecule has 0 fully saturated rings. The number of amidine groups is 1. The molecule has 0 saturated heterocycles. The lowest BCUT2D eigenvalue weighted by Gasteiger charge is -2.12. The molecule has 0 aliphatic carbocycles. The topological polar surface area (TPSA) is 37.1 Å². The van der Waals surface area contributed by atoms with Crippen molar-refractivity contribution in [2.75, 3.05) is 0 Å². The molecule has 1 unspecified atom stereocenters. The molecule has 0 saturated carbocycles. The Balaban J connectivity index is 2.12. The van der Waals surface area contributed by atoms with E-state index in [4.69, 9.17) is 0 Å². The molecular formula is C13H19N3. The minimum absolute atomic E-state index is 0.142. The summed E-state index contributed by atoms with van der Waals surface area (Å²) in [5.41, 5.74) is 1.01. The maximum atomic E-state index is 4.68. The standard InChI is InChI=1S/C13H19N3/c1-3-5-10(6-4-2)13-15-11-7-8-14-9-12(11)16-13/h7-11H,3-6H2,1-2H3. The predicted molar refractivity (Wildman–Crippen MR) is 69.6 cm³/mol. The van der Waals surface area contributed by atoms with Crippen LogP contribution in [0, 0.1) is 5.92 Å². The Morgan fingerprint density at radius 2 is 2.00 bits per heavy atom. The maximum absolute atomic E-state index is 4.68. The molecule has 2 aliphatic heterocycles. The van der Waals surface area contributed by atoms with Gasteiger partial charge in [0.05, 0.1) is 11.9 Å². The second kappa shape index (κ2) is 5.19. The second-order valence-corrected chi connectivity index (χ2v) is 4.36. The number of hydrogen-bond acceptors (Lipinski definition) is 3. The van der Waals surface area contributed by atoms with E-state index in [9.17, 15) is 0 Å². The van der Waals surface area contributed by atoms with E-state index in [1.807, 2.05) is 18.5 Å². The lowest BCUT2D eigenvalue weighted by atomic mass is 9.97. The highest BCUT2D eigenvalue weighted by molar-refractivity contribution is 6.38. The summed E-state index contributed by atoms with van der Waals surface area (Å²) in [6, 6.07) is 0.142. The average Bonchev–Trinajstić information content (AvgIpc) is 2.72. The molecular weight excluding hydrogens is 198 g/mol. The van der Waals surface area contributed by atoms with Gasteiger partial charge in [-0.05, 0) is 18.9 Å². The van der Waals surface area contributed by atoms with E-state index in [1.54, 1.807) is 0 Å². The van der Waals surface area contributed by atoms with Gasteiger partial charge in [-0.2, -0.15) is 0 Å². The molecule has 0 N–H and O–H groups in total. The number of aliphatic imine (C=N–C) groups is 3. The van der Waals surface area contributed by atoms with Crippen molar-refractivity contribution in [1.29, 1.82) is 0 Å². The highest BCUT2D eigenvalue weighted by Crippen LogP contribution is 2.22. The monoisotopic (exact) mass is 217 g/mol. The molecule has 3 heteroatoms. The van der Waals surface area contributed by atoms with Gasteiger partial charge in [0.1, 0.15) is 11.9 Å². The van der Waals surface area contributed by atoms with Crippen molar-refractivity contribution in [3.8, 4) is 0 Å². The van der Waals surface area contributed by atoms with Crippen LogP contribution in [0.1, 0.15) is 39.5 Å². The number of rotatable bonds is 5. The Morgan fingerprint density at radius 3 is 2.62 bits per heavy atom. The SMILES string of the molecule is CCCC(CCC)C1=NC2C=CN=CC2=N1. The molecule has 1 atom stereocenters. The zero-order chi connectivity index (χ0) is 11.4. The number of hydrogen-bond donors (Lipinski definition) is 0. The maximum Gasteiger partial charge on any atom is 0.127 e. The van der Waals surface area contributed by atoms with Gasteiger partial charge in [0.2, 0.25) is 0 Å². The van der Waals surface area contributed by atoms with Gasteiger partial charge in [0, 0.05) is 12.1 Å². The van der Waals surface area contributed by atoms with Crippen LogP contribution in [0.5, 0.6) is 0 Å². The van der Waals surface area contributed by atoms with Crippen LogP contribution >= 0.6 is 0 Å². The minimum Gasteiger partial charge on any atom is -0.263 e. The fourth-order valence-electron chi connectivity index (χ4n) is 2.23. The normalized spacial score (nSPS) is 22.3. The van der Waals surface area contributed by atoms with Gasteiger partial charge in [-0.15, -0.1) is 0 Å². The molecule has 2 heterocycles. The average molecular weight is 217 g/mol. The van der Waals surface area contributed by atoms with Crippen LogP contribution in [0.15, 0.2) is 27.3 Å². The summed E-state index contributed by atoms with van der Waals surface area (Å²) >= 11 is 0. The van der Waals surface area contributed by atoms with Crippen LogP contribution in [-0.4, -0.2) is 23.8 Å². The summed E-state index contributed by atoms with van der Waals surface area (Å²) in [5.74, 6) is 1.58. The Kier molecular flexibility index (Phi) is 3.65. The molecule has 16 heavy (non-hydrogen) atoms. The molecule has 3 nitrogen and oxygen atoms in total. The molecule has 0 aromatic carbocycles. The molecule has 0 amide bonds. The summed E-state index contributed by atoms with van der Waals surface area (Å²) < 4.78 is 0. The zero-order valence-corrected chi connectivity index (χ0v) is 10.1. The Morgan fingerprint density at radius 1 is 1.25 bits per heavy atom. The van der Waals surface area contributed by atoms with Gasteiger partial charge in [-0.25, -0.2) is 4.99 Å². The van der Waals surface area contributed by atoms with E-state index in [1.165, 1.54) is 25.7 Å². The summed E-state index contributed by atoms with van der Waals surface area (Å²) in [5, 5.41) is 0. The van der Waals surface area contributed by atoms with Crippen LogP contribution in [-0.2, 0) is 0 Å². The Hall–Kier alpha value is -1.25. The van der Waals surface area contributed by atoms with Crippen LogP contribution < -0.4 is 0 Å². The van der Waals surface area contributed by atoms with Crippen molar-refractivity contribution in [2.24, 2.45) is 20.9 Å². The molecule has 0 spiro atoms. The van der Waals surface area contributed by atoms with Crippen molar-refractivity contribution in [3.63, 3.8) is 0 Å². The van der Waals surface area contributed by atoms with Crippen molar-refractivity contribution in [2.45, 2.75) is 45.6 Å². The molecule has 0 aromatic heterocycles. The number of fused-ring (bicyclic) bond motifs is 1. The molecule has 0 bridgehead atoms. The summed E-state index contributed by atoms with van der Waals surface area (Å²) in [6.07, 6.45) is 10.4. The first-order chi connectivity index (χ1) is 7.85. The van der Waals surface area contributed by atoms with E-state index in [2.05, 4.69) is 28.8 Å². The molecule has 0 radical (unpaired) electrons. The van der Waals surface area contributed by atoms with Gasteiger partial charge in [-0.1, -0.05) is 26.7 Å². The highest BCUT2D eigenvalue weighted by Gasteiger charge is 2.24. The largest absolute Gasteiger partial charge is 0.263 e. The van der Waals surface area contributed by atoms with Gasteiger partial charge < -0.3 is 0 Å². The predicted octanol–water partition coefficient (Wildman–Crippen LogP) is 3.02. The molecule has 0 aromatic rings. The van der Waals surface area contributed by atoms with Crippen molar-refractivity contribution in [3.05, 3.63) is 12.3 Å². The fourth-order valence-corrected chi connectivity index (χ4v) is 2.23. The van der Waals surface area contributed by atoms with Crippen LogP contribution in [0.25, 0.3) is 0 Å². The second-order valence-electron chi connectivity index (χ2n) is 4.36. The van der Waals surface area contributed by atoms with E-state index >= 15 is 0 Å². The van der Waals surface area contributed by atoms with Gasteiger partial charge >= 0.3 is 0 Å². The summed E-state index contributed by atoms with van der Waals surface area (Å²) in [4.78, 5) is 13.4. The van der Waals surface area contributed by atoms with Crippen molar-refractivity contribution >= 4 is 17.8 Å². The van der Waals surface area contributed by atoms with E-state index in [0.29, 0.717) is 5.92 Å². The third-order valence-electron chi connectivity index (χ3n) is 3.02. The first-order valence-electron chi connectivity index (χ1n) is 6.21. The molecule has 2 rings (SSSR count). The molecule has 86 valence electrons. The first kappa shape index (κ1) is 11.2. The Labute approximate surface area is 97.1 Å². The first-order valence-corrected chi connectivity index (χ1v) is 6.21. The van der Waals surface area contributed by atoms with Crippen LogP contribution in [0.4, 0.5) is 0 Å². The summed E-state index contributed by atoms with van der Waals surface area (Å²) in [6.45, 7) is 4.44. The van der Waals surface area contributed by atoms with E-state index < -0.39 is 0 Å². The zero-order valence-electron chi connectivity index (χ0n) is 10.1. The minimum atomic E-state index is 0.142. The van der Waals surface area contributed by atoms with Gasteiger partial charge in [-0.3, -0.25) is 9.98 Å². The van der Waals surface area contributed by atoms with Crippen LogP contribution in [0.3, 0.4) is 0 Å². The van der Waals surface area contributed by atoms with Crippen molar-refractivity contribution in [1.82, 2.24) is 0 Å². The lowest BCUT2D eigenvalue weighted by molar-refractivity contribution is 0.555. The van der Waals surface area contributed by atoms with Crippen molar-refractivity contribution < 1.29 is 0 Å².